The number of rotatable bonds is 5. The summed E-state index contributed by atoms with van der Waals surface area (Å²) in [4.78, 5) is 10.6. The Morgan fingerprint density at radius 2 is 1.94 bits per heavy atom. The highest BCUT2D eigenvalue weighted by atomic mass is 16.1. The topological polar surface area (TPSA) is 29.1 Å². The second kappa shape index (κ2) is 6.77. The van der Waals surface area contributed by atoms with E-state index in [1.807, 2.05) is 0 Å². The van der Waals surface area contributed by atoms with Crippen molar-refractivity contribution in [2.75, 3.05) is 0 Å². The molecule has 0 bridgehead atoms. The molecule has 0 spiro atoms. The van der Waals surface area contributed by atoms with Gasteiger partial charge in [-0.3, -0.25) is 4.79 Å². The van der Waals surface area contributed by atoms with Crippen LogP contribution < -0.4 is 5.32 Å². The Morgan fingerprint density at radius 3 is 2.44 bits per heavy atom. The molecule has 0 aromatic heterocycles. The van der Waals surface area contributed by atoms with Crippen LogP contribution >= 0.6 is 0 Å². The normalized spacial score (nSPS) is 29.9. The van der Waals surface area contributed by atoms with E-state index in [2.05, 4.69) is 51.2 Å². The SMILES string of the molecule is CC(C)=CC=CC(C)C1CCC(C)(NC=O)CC1. The summed E-state index contributed by atoms with van der Waals surface area (Å²) in [5.74, 6) is 1.38. The number of nitrogens with one attached hydrogen (secondary N) is 1. The molecular weight excluding hydrogens is 222 g/mol. The molecule has 0 aromatic rings. The molecule has 102 valence electrons. The molecule has 0 aromatic carbocycles. The third-order valence-corrected chi connectivity index (χ3v) is 4.13. The Bertz CT molecular complexity index is 318. The van der Waals surface area contributed by atoms with Gasteiger partial charge in [-0.2, -0.15) is 0 Å². The lowest BCUT2D eigenvalue weighted by Gasteiger charge is -2.38. The van der Waals surface area contributed by atoms with Gasteiger partial charge in [-0.05, 0) is 58.3 Å². The van der Waals surface area contributed by atoms with Crippen LogP contribution in [0.1, 0.15) is 53.4 Å². The van der Waals surface area contributed by atoms with Crippen molar-refractivity contribution in [1.29, 1.82) is 0 Å². The Hall–Kier alpha value is -1.05. The van der Waals surface area contributed by atoms with Gasteiger partial charge >= 0.3 is 0 Å². The molecule has 0 aliphatic heterocycles. The van der Waals surface area contributed by atoms with Crippen molar-refractivity contribution in [3.05, 3.63) is 23.8 Å². The second-order valence-corrected chi connectivity index (χ2v) is 6.15. The smallest absolute Gasteiger partial charge is 0.207 e. The summed E-state index contributed by atoms with van der Waals surface area (Å²) in [6.45, 7) is 8.69. The van der Waals surface area contributed by atoms with E-state index < -0.39 is 0 Å². The molecule has 1 fully saturated rings. The standard InChI is InChI=1S/C16H27NO/c1-13(2)6-5-7-14(3)15-8-10-16(4,11-9-15)17-12-18/h5-7,12,14-15H,8-11H2,1-4H3,(H,17,18). The van der Waals surface area contributed by atoms with E-state index in [4.69, 9.17) is 0 Å². The molecule has 1 unspecified atom stereocenters. The minimum Gasteiger partial charge on any atom is -0.354 e. The molecule has 0 radical (unpaired) electrons. The van der Waals surface area contributed by atoms with E-state index in [0.29, 0.717) is 5.92 Å². The summed E-state index contributed by atoms with van der Waals surface area (Å²) < 4.78 is 0. The van der Waals surface area contributed by atoms with Crippen LogP contribution in [0.5, 0.6) is 0 Å². The predicted octanol–water partition coefficient (Wildman–Crippen LogP) is 3.84. The van der Waals surface area contributed by atoms with E-state index >= 15 is 0 Å². The van der Waals surface area contributed by atoms with Crippen molar-refractivity contribution >= 4 is 6.41 Å². The number of allylic oxidation sites excluding steroid dienone is 4. The van der Waals surface area contributed by atoms with Crippen molar-refractivity contribution < 1.29 is 4.79 Å². The maximum Gasteiger partial charge on any atom is 0.207 e. The van der Waals surface area contributed by atoms with Gasteiger partial charge in [0.05, 0.1) is 0 Å². The van der Waals surface area contributed by atoms with E-state index in [0.717, 1.165) is 25.2 Å². The molecule has 1 atom stereocenters. The number of carbonyl (C=O) groups is 1. The minimum atomic E-state index is 0.0294. The van der Waals surface area contributed by atoms with Crippen LogP contribution in [0, 0.1) is 11.8 Å². The Morgan fingerprint density at radius 1 is 1.33 bits per heavy atom. The van der Waals surface area contributed by atoms with Crippen LogP contribution in [0.15, 0.2) is 23.8 Å². The van der Waals surface area contributed by atoms with Crippen LogP contribution in [0.2, 0.25) is 0 Å². The first-order valence-electron chi connectivity index (χ1n) is 7.00. The lowest BCUT2D eigenvalue weighted by atomic mass is 9.73. The summed E-state index contributed by atoms with van der Waals surface area (Å²) in [6.07, 6.45) is 12.1. The van der Waals surface area contributed by atoms with Gasteiger partial charge < -0.3 is 5.32 Å². The van der Waals surface area contributed by atoms with Crippen LogP contribution in [-0.2, 0) is 4.79 Å². The molecule has 1 rings (SSSR count). The van der Waals surface area contributed by atoms with Crippen molar-refractivity contribution in [3.8, 4) is 0 Å². The molecule has 1 N–H and O–H groups in total. The van der Waals surface area contributed by atoms with Crippen molar-refractivity contribution in [1.82, 2.24) is 5.32 Å². The first kappa shape index (κ1) is 15.0. The molecule has 1 amide bonds. The highest BCUT2D eigenvalue weighted by molar-refractivity contribution is 5.47. The maximum atomic E-state index is 10.6. The lowest BCUT2D eigenvalue weighted by molar-refractivity contribution is -0.111. The third-order valence-electron chi connectivity index (χ3n) is 4.13. The van der Waals surface area contributed by atoms with Gasteiger partial charge in [0.2, 0.25) is 6.41 Å². The summed E-state index contributed by atoms with van der Waals surface area (Å²) in [7, 11) is 0. The van der Waals surface area contributed by atoms with Crippen molar-refractivity contribution in [2.45, 2.75) is 58.9 Å². The summed E-state index contributed by atoms with van der Waals surface area (Å²) >= 11 is 0. The van der Waals surface area contributed by atoms with E-state index in [-0.39, 0.29) is 5.54 Å². The number of amides is 1. The lowest BCUT2D eigenvalue weighted by Crippen LogP contribution is -2.45. The first-order valence-corrected chi connectivity index (χ1v) is 7.00. The molecule has 2 heteroatoms. The fraction of sp³-hybridized carbons (Fsp3) is 0.688. The van der Waals surface area contributed by atoms with Crippen LogP contribution in [0.3, 0.4) is 0 Å². The largest absolute Gasteiger partial charge is 0.354 e. The Balaban J connectivity index is 2.45. The molecule has 18 heavy (non-hydrogen) atoms. The highest BCUT2D eigenvalue weighted by Crippen LogP contribution is 2.35. The zero-order chi connectivity index (χ0) is 13.6. The van der Waals surface area contributed by atoms with Crippen LogP contribution in [-0.4, -0.2) is 11.9 Å². The molecule has 0 saturated heterocycles. The molecule has 0 heterocycles. The van der Waals surface area contributed by atoms with E-state index in [1.165, 1.54) is 18.4 Å². The first-order chi connectivity index (χ1) is 8.47. The summed E-state index contributed by atoms with van der Waals surface area (Å²) in [5, 5.41) is 2.97. The molecule has 2 nitrogen and oxygen atoms in total. The molecule has 1 saturated carbocycles. The maximum absolute atomic E-state index is 10.6. The zero-order valence-electron chi connectivity index (χ0n) is 12.2. The van der Waals surface area contributed by atoms with Crippen LogP contribution in [0.25, 0.3) is 0 Å². The Labute approximate surface area is 112 Å². The van der Waals surface area contributed by atoms with Crippen LogP contribution in [0.4, 0.5) is 0 Å². The molecule has 1 aliphatic rings. The zero-order valence-corrected chi connectivity index (χ0v) is 12.2. The number of carbonyl (C=O) groups excluding carboxylic acids is 1. The van der Waals surface area contributed by atoms with Gasteiger partial charge in [0.15, 0.2) is 0 Å². The third kappa shape index (κ3) is 4.67. The fourth-order valence-electron chi connectivity index (χ4n) is 2.67. The van der Waals surface area contributed by atoms with E-state index in [1.54, 1.807) is 0 Å². The van der Waals surface area contributed by atoms with Gasteiger partial charge in [0.1, 0.15) is 0 Å². The van der Waals surface area contributed by atoms with Crippen molar-refractivity contribution in [3.63, 3.8) is 0 Å². The molecular formula is C16H27NO. The average molecular weight is 249 g/mol. The van der Waals surface area contributed by atoms with Gasteiger partial charge in [-0.1, -0.05) is 30.7 Å². The summed E-state index contributed by atoms with van der Waals surface area (Å²) in [5.41, 5.74) is 1.37. The minimum absolute atomic E-state index is 0.0294. The monoisotopic (exact) mass is 249 g/mol. The van der Waals surface area contributed by atoms with Gasteiger partial charge in [-0.15, -0.1) is 0 Å². The second-order valence-electron chi connectivity index (χ2n) is 6.15. The number of hydrogen-bond donors (Lipinski definition) is 1. The average Bonchev–Trinajstić information content (AvgIpc) is 2.29. The fourth-order valence-corrected chi connectivity index (χ4v) is 2.67. The Kier molecular flexibility index (Phi) is 5.64. The predicted molar refractivity (Wildman–Crippen MR) is 77.3 cm³/mol. The van der Waals surface area contributed by atoms with Gasteiger partial charge in [-0.25, -0.2) is 0 Å². The van der Waals surface area contributed by atoms with E-state index in [9.17, 15) is 4.79 Å². The van der Waals surface area contributed by atoms with Gasteiger partial charge in [0.25, 0.3) is 0 Å². The quantitative estimate of drug-likeness (QED) is 0.582. The van der Waals surface area contributed by atoms with Crippen molar-refractivity contribution in [2.24, 2.45) is 11.8 Å². The molecule has 1 aliphatic carbocycles. The number of hydrogen-bond acceptors (Lipinski definition) is 1. The van der Waals surface area contributed by atoms with Gasteiger partial charge in [0, 0.05) is 5.54 Å². The summed E-state index contributed by atoms with van der Waals surface area (Å²) in [6, 6.07) is 0. The highest BCUT2D eigenvalue weighted by Gasteiger charge is 2.31.